The van der Waals surface area contributed by atoms with E-state index in [1.54, 1.807) is 11.5 Å². The Balaban J connectivity index is 2.48. The number of aromatic nitrogens is 2. The van der Waals surface area contributed by atoms with Gasteiger partial charge in [0.1, 0.15) is 4.83 Å². The topological polar surface area (TPSA) is 61.1 Å². The van der Waals surface area contributed by atoms with Crippen molar-refractivity contribution >= 4 is 27.8 Å². The summed E-state index contributed by atoms with van der Waals surface area (Å²) in [5, 5.41) is 0.526. The monoisotopic (exact) mass is 292 g/mol. The van der Waals surface area contributed by atoms with Crippen molar-refractivity contribution in [2.24, 2.45) is 5.92 Å². The normalized spacial score (nSPS) is 21.4. The lowest BCUT2D eigenvalue weighted by Crippen LogP contribution is -2.39. The molecule has 1 aliphatic rings. The van der Waals surface area contributed by atoms with Gasteiger partial charge in [0.05, 0.1) is 10.3 Å². The molecule has 0 aliphatic heterocycles. The van der Waals surface area contributed by atoms with Gasteiger partial charge < -0.3 is 0 Å². The Labute approximate surface area is 119 Å². The van der Waals surface area contributed by atoms with Crippen LogP contribution in [0.15, 0.2) is 9.59 Å². The summed E-state index contributed by atoms with van der Waals surface area (Å²) in [6.07, 6.45) is 1.63. The molecule has 1 fully saturated rings. The van der Waals surface area contributed by atoms with Crippen LogP contribution in [0.4, 0.5) is 0 Å². The number of carbonyl (C=O) groups is 1. The molecule has 0 aromatic carbocycles. The largest absolute Gasteiger partial charge is 0.332 e. The maximum Gasteiger partial charge on any atom is 0.332 e. The number of nitrogens with zero attached hydrogens (tertiary/aromatic N) is 2. The first-order valence-corrected chi connectivity index (χ1v) is 7.56. The Hall–Kier alpha value is -1.69. The number of carbonyl (C=O) groups excluding carboxylic acids is 1. The Morgan fingerprint density at radius 1 is 1.40 bits per heavy atom. The predicted molar refractivity (Wildman–Crippen MR) is 79.0 cm³/mol. The number of rotatable bonds is 3. The molecule has 2 unspecified atom stereocenters. The standard InChI is InChI=1S/C14H16N2O3S/c1-4-15-13-11(8(3)10(6-17)20-13)12(18)16(14(15)19)9-5-7(9)2/h6-7,9H,4-5H2,1-3H3. The minimum atomic E-state index is -0.252. The quantitative estimate of drug-likeness (QED) is 0.812. The lowest BCUT2D eigenvalue weighted by molar-refractivity contribution is 0.112. The molecule has 6 heteroatoms. The molecular weight excluding hydrogens is 276 g/mol. The van der Waals surface area contributed by atoms with Crippen molar-refractivity contribution in [1.29, 1.82) is 0 Å². The third-order valence-electron chi connectivity index (χ3n) is 4.10. The van der Waals surface area contributed by atoms with Crippen molar-refractivity contribution in [1.82, 2.24) is 9.13 Å². The summed E-state index contributed by atoms with van der Waals surface area (Å²) in [7, 11) is 0. The first-order chi connectivity index (χ1) is 9.51. The van der Waals surface area contributed by atoms with Gasteiger partial charge in [-0.25, -0.2) is 4.79 Å². The van der Waals surface area contributed by atoms with Crippen molar-refractivity contribution in [3.63, 3.8) is 0 Å². The molecule has 0 N–H and O–H groups in total. The van der Waals surface area contributed by atoms with Crippen LogP contribution in [0.25, 0.3) is 10.2 Å². The van der Waals surface area contributed by atoms with Gasteiger partial charge >= 0.3 is 5.69 Å². The third-order valence-corrected chi connectivity index (χ3v) is 5.34. The maximum absolute atomic E-state index is 12.6. The second-order valence-corrected chi connectivity index (χ2v) is 6.40. The number of thiophene rings is 1. The summed E-state index contributed by atoms with van der Waals surface area (Å²) in [5.74, 6) is 0.368. The summed E-state index contributed by atoms with van der Waals surface area (Å²) in [6, 6.07) is 0.0104. The van der Waals surface area contributed by atoms with Gasteiger partial charge in [-0.3, -0.25) is 18.7 Å². The highest BCUT2D eigenvalue weighted by Gasteiger charge is 2.37. The van der Waals surface area contributed by atoms with Crippen LogP contribution in [0.2, 0.25) is 0 Å². The highest BCUT2D eigenvalue weighted by Crippen LogP contribution is 2.41. The van der Waals surface area contributed by atoms with Crippen LogP contribution in [0.5, 0.6) is 0 Å². The molecule has 2 aromatic heterocycles. The van der Waals surface area contributed by atoms with Crippen molar-refractivity contribution in [3.8, 4) is 0 Å². The van der Waals surface area contributed by atoms with Crippen LogP contribution in [0, 0.1) is 12.8 Å². The molecule has 3 rings (SSSR count). The SMILES string of the molecule is CCn1c(=O)n(C2CC2C)c(=O)c2c(C)c(C=O)sc21. The highest BCUT2D eigenvalue weighted by atomic mass is 32.1. The Morgan fingerprint density at radius 2 is 2.05 bits per heavy atom. The summed E-state index contributed by atoms with van der Waals surface area (Å²) in [6.45, 7) is 6.18. The first kappa shape index (κ1) is 13.3. The average molecular weight is 292 g/mol. The summed E-state index contributed by atoms with van der Waals surface area (Å²) >= 11 is 1.23. The molecule has 0 saturated heterocycles. The van der Waals surface area contributed by atoms with Crippen LogP contribution < -0.4 is 11.2 Å². The van der Waals surface area contributed by atoms with Crippen molar-refractivity contribution in [2.75, 3.05) is 0 Å². The number of hydrogen-bond acceptors (Lipinski definition) is 4. The predicted octanol–water partition coefficient (Wildman–Crippen LogP) is 1.95. The minimum Gasteiger partial charge on any atom is -0.297 e. The van der Waals surface area contributed by atoms with Gasteiger partial charge in [0.2, 0.25) is 0 Å². The molecule has 2 atom stereocenters. The molecule has 2 aromatic rings. The van der Waals surface area contributed by atoms with Gasteiger partial charge in [-0.1, -0.05) is 6.92 Å². The number of aldehydes is 1. The average Bonchev–Trinajstić information content (AvgIpc) is 3.01. The van der Waals surface area contributed by atoms with E-state index in [0.717, 1.165) is 12.7 Å². The number of fused-ring (bicyclic) bond motifs is 1. The van der Waals surface area contributed by atoms with E-state index in [-0.39, 0.29) is 17.3 Å². The molecular formula is C14H16N2O3S. The van der Waals surface area contributed by atoms with E-state index >= 15 is 0 Å². The van der Waals surface area contributed by atoms with E-state index in [1.807, 2.05) is 13.8 Å². The van der Waals surface area contributed by atoms with Crippen molar-refractivity contribution in [3.05, 3.63) is 31.3 Å². The van der Waals surface area contributed by atoms with Gasteiger partial charge in [-0.05, 0) is 31.7 Å². The zero-order valence-electron chi connectivity index (χ0n) is 11.7. The number of hydrogen-bond donors (Lipinski definition) is 0. The van der Waals surface area contributed by atoms with E-state index < -0.39 is 0 Å². The Bertz CT molecular complexity index is 828. The van der Waals surface area contributed by atoms with Gasteiger partial charge in [-0.2, -0.15) is 0 Å². The molecule has 0 radical (unpaired) electrons. The fourth-order valence-corrected chi connectivity index (χ4v) is 3.90. The molecule has 0 bridgehead atoms. The molecule has 1 saturated carbocycles. The summed E-state index contributed by atoms with van der Waals surface area (Å²) in [5.41, 5.74) is 0.193. The van der Waals surface area contributed by atoms with Gasteiger partial charge in [0, 0.05) is 12.6 Å². The minimum absolute atomic E-state index is 0.0104. The van der Waals surface area contributed by atoms with Crippen LogP contribution >= 0.6 is 11.3 Å². The fraction of sp³-hybridized carbons (Fsp3) is 0.500. The highest BCUT2D eigenvalue weighted by molar-refractivity contribution is 7.20. The molecule has 5 nitrogen and oxygen atoms in total. The summed E-state index contributed by atoms with van der Waals surface area (Å²) < 4.78 is 2.98. The second kappa shape index (κ2) is 4.41. The lowest BCUT2D eigenvalue weighted by atomic mass is 10.2. The Kier molecular flexibility index (Phi) is 2.93. The van der Waals surface area contributed by atoms with Gasteiger partial charge in [-0.15, -0.1) is 11.3 Å². The summed E-state index contributed by atoms with van der Waals surface area (Å²) in [4.78, 5) is 37.4. The van der Waals surface area contributed by atoms with E-state index in [0.29, 0.717) is 33.1 Å². The zero-order valence-corrected chi connectivity index (χ0v) is 12.5. The van der Waals surface area contributed by atoms with Crippen LogP contribution in [-0.2, 0) is 6.54 Å². The molecule has 20 heavy (non-hydrogen) atoms. The lowest BCUT2D eigenvalue weighted by Gasteiger charge is -2.09. The van der Waals surface area contributed by atoms with Crippen LogP contribution in [0.3, 0.4) is 0 Å². The van der Waals surface area contributed by atoms with Gasteiger partial charge in [0.25, 0.3) is 5.56 Å². The van der Waals surface area contributed by atoms with Crippen molar-refractivity contribution < 1.29 is 4.79 Å². The second-order valence-electron chi connectivity index (χ2n) is 5.37. The molecule has 1 aliphatic carbocycles. The van der Waals surface area contributed by atoms with E-state index in [9.17, 15) is 14.4 Å². The molecule has 106 valence electrons. The van der Waals surface area contributed by atoms with Crippen LogP contribution in [-0.4, -0.2) is 15.4 Å². The van der Waals surface area contributed by atoms with Crippen molar-refractivity contribution in [2.45, 2.75) is 39.8 Å². The number of aryl methyl sites for hydroxylation is 2. The molecule has 0 amide bonds. The maximum atomic E-state index is 12.6. The smallest absolute Gasteiger partial charge is 0.297 e. The molecule has 0 spiro atoms. The zero-order chi connectivity index (χ0) is 14.6. The fourth-order valence-electron chi connectivity index (χ4n) is 2.73. The van der Waals surface area contributed by atoms with Crippen LogP contribution in [0.1, 0.15) is 41.5 Å². The van der Waals surface area contributed by atoms with E-state index in [4.69, 9.17) is 0 Å². The molecule has 2 heterocycles. The van der Waals surface area contributed by atoms with E-state index in [2.05, 4.69) is 0 Å². The first-order valence-electron chi connectivity index (χ1n) is 6.74. The van der Waals surface area contributed by atoms with E-state index in [1.165, 1.54) is 15.9 Å². The third kappa shape index (κ3) is 1.64. The Morgan fingerprint density at radius 3 is 2.55 bits per heavy atom. The van der Waals surface area contributed by atoms with Gasteiger partial charge in [0.15, 0.2) is 6.29 Å².